The molecule has 0 spiro atoms. The molecule has 0 aromatic heterocycles. The van der Waals surface area contributed by atoms with Crippen LogP contribution < -0.4 is 5.32 Å². The third-order valence-electron chi connectivity index (χ3n) is 3.11. The van der Waals surface area contributed by atoms with Gasteiger partial charge < -0.3 is 15.2 Å². The van der Waals surface area contributed by atoms with Gasteiger partial charge in [0.05, 0.1) is 11.0 Å². The van der Waals surface area contributed by atoms with E-state index < -0.39 is 0 Å². The Morgan fingerprint density at radius 1 is 1.43 bits per heavy atom. The minimum absolute atomic E-state index is 0.157. The van der Waals surface area contributed by atoms with Gasteiger partial charge in [-0.05, 0) is 32.2 Å². The molecule has 2 heterocycles. The number of hydrogen-bond donors (Lipinski definition) is 2. The predicted octanol–water partition coefficient (Wildman–Crippen LogP) is 0.0992. The Bertz CT molecular complexity index is 221. The predicted molar refractivity (Wildman–Crippen MR) is 61.3 cm³/mol. The summed E-state index contributed by atoms with van der Waals surface area (Å²) < 4.78 is 0. The Morgan fingerprint density at radius 2 is 2.29 bits per heavy atom. The Hall–Kier alpha value is -0.125. The van der Waals surface area contributed by atoms with Crippen molar-refractivity contribution in [2.24, 2.45) is 0 Å². The lowest BCUT2D eigenvalue weighted by molar-refractivity contribution is 0.431. The van der Waals surface area contributed by atoms with Gasteiger partial charge in [-0.1, -0.05) is 12.2 Å². The molecule has 3 nitrogen and oxygen atoms in total. The first-order chi connectivity index (χ1) is 6.83. The number of hydrogen-bond acceptors (Lipinski definition) is 3. The van der Waals surface area contributed by atoms with Gasteiger partial charge in [-0.2, -0.15) is 0 Å². The van der Waals surface area contributed by atoms with Crippen molar-refractivity contribution in [2.75, 3.05) is 13.1 Å². The van der Waals surface area contributed by atoms with E-state index in [1.807, 2.05) is 0 Å². The highest BCUT2D eigenvalue weighted by molar-refractivity contribution is 7.80. The third kappa shape index (κ3) is 1.94. The Kier molecular flexibility index (Phi) is 3.41. The summed E-state index contributed by atoms with van der Waals surface area (Å²) in [5.74, 6) is 0.157. The second-order valence-corrected chi connectivity index (χ2v) is 4.46. The fourth-order valence-corrected chi connectivity index (χ4v) is 2.74. The summed E-state index contributed by atoms with van der Waals surface area (Å²) >= 11 is 5.45. The molecule has 2 aliphatic rings. The molecule has 0 saturated carbocycles. The first kappa shape index (κ1) is 10.4. The molecule has 2 atom stereocenters. The molecule has 14 heavy (non-hydrogen) atoms. The summed E-state index contributed by atoms with van der Waals surface area (Å²) in [4.78, 5) is 3.16. The number of nitrogens with zero attached hydrogens (tertiary/aromatic N) is 1. The molecule has 77 valence electrons. The highest BCUT2D eigenvalue weighted by Gasteiger charge is 2.31. The van der Waals surface area contributed by atoms with Crippen molar-refractivity contribution in [1.82, 2.24) is 10.2 Å². The molecule has 5 heteroatoms. The molecule has 0 aromatic rings. The molecule has 0 aromatic carbocycles. The Morgan fingerprint density at radius 3 is 2.93 bits per heavy atom. The minimum atomic E-state index is 0.157. The minimum Gasteiger partial charge on any atom is -0.452 e. The van der Waals surface area contributed by atoms with Gasteiger partial charge in [-0.3, -0.25) is 0 Å². The maximum absolute atomic E-state index is 9.08. The number of likely N-dealkylation sites (tertiary alicyclic amines) is 1. The van der Waals surface area contributed by atoms with Crippen molar-refractivity contribution in [1.29, 1.82) is 0 Å². The van der Waals surface area contributed by atoms with E-state index in [9.17, 15) is 0 Å². The second kappa shape index (κ2) is 4.60. The third-order valence-corrected chi connectivity index (χ3v) is 3.63. The van der Waals surface area contributed by atoms with Crippen LogP contribution in [-0.4, -0.2) is 47.5 Å². The topological polar surface area (TPSA) is 35.5 Å². The normalized spacial score (nSPS) is 32.2. The van der Waals surface area contributed by atoms with Gasteiger partial charge >= 0.3 is 7.48 Å². The van der Waals surface area contributed by atoms with E-state index in [0.29, 0.717) is 6.04 Å². The van der Waals surface area contributed by atoms with Gasteiger partial charge in [0.25, 0.3) is 0 Å². The molecular weight excluding hydrogens is 195 g/mol. The summed E-state index contributed by atoms with van der Waals surface area (Å²) in [5.41, 5.74) is 0. The number of nitrogens with one attached hydrogen (secondary N) is 1. The first-order valence-electron chi connectivity index (χ1n) is 5.34. The van der Waals surface area contributed by atoms with Gasteiger partial charge in [0.1, 0.15) is 0 Å². The molecule has 2 rings (SSSR count). The summed E-state index contributed by atoms with van der Waals surface area (Å²) in [5, 5.41) is 12.5. The largest absolute Gasteiger partial charge is 0.452 e. The van der Waals surface area contributed by atoms with E-state index in [0.717, 1.165) is 37.3 Å². The summed E-state index contributed by atoms with van der Waals surface area (Å²) in [6.45, 7) is 2.07. The molecule has 1 radical (unpaired) electrons. The smallest absolute Gasteiger partial charge is 0.312 e. The number of rotatable bonds is 2. The lowest BCUT2D eigenvalue weighted by Gasteiger charge is -2.28. The molecule has 2 fully saturated rings. The number of thiocarbonyl (C=S) groups is 1. The first-order valence-corrected chi connectivity index (χ1v) is 5.75. The van der Waals surface area contributed by atoms with Gasteiger partial charge in [-0.15, -0.1) is 0 Å². The summed E-state index contributed by atoms with van der Waals surface area (Å²) in [6, 6.07) is 0.366. The Labute approximate surface area is 91.1 Å². The summed E-state index contributed by atoms with van der Waals surface area (Å²) in [7, 11) is 1.29. The van der Waals surface area contributed by atoms with E-state index in [-0.39, 0.29) is 5.94 Å². The van der Waals surface area contributed by atoms with Gasteiger partial charge in [-0.25, -0.2) is 0 Å². The molecule has 2 saturated heterocycles. The standard InChI is InChI=1S/C9H16BN2OS/c13-10-8-4-2-6-12(8)9(14)7-3-1-5-11-7/h7-8,11,13H,1-6H2. The maximum atomic E-state index is 9.08. The Balaban J connectivity index is 1.95. The second-order valence-electron chi connectivity index (χ2n) is 4.04. The van der Waals surface area contributed by atoms with Crippen molar-refractivity contribution in [2.45, 2.75) is 37.7 Å². The maximum Gasteiger partial charge on any atom is 0.312 e. The van der Waals surface area contributed by atoms with Crippen LogP contribution in [0.4, 0.5) is 0 Å². The van der Waals surface area contributed by atoms with Gasteiger partial charge in [0.2, 0.25) is 0 Å². The lowest BCUT2D eigenvalue weighted by Crippen LogP contribution is -2.46. The van der Waals surface area contributed by atoms with E-state index in [2.05, 4.69) is 10.2 Å². The SMILES string of the molecule is O[B]C1CCCN1C(=S)C1CCCN1. The van der Waals surface area contributed by atoms with E-state index >= 15 is 0 Å². The fraction of sp³-hybridized carbons (Fsp3) is 0.889. The zero-order valence-corrected chi connectivity index (χ0v) is 9.09. The fourth-order valence-electron chi connectivity index (χ4n) is 2.32. The van der Waals surface area contributed by atoms with E-state index in [1.54, 1.807) is 0 Å². The van der Waals surface area contributed by atoms with E-state index in [1.165, 1.54) is 13.9 Å². The van der Waals surface area contributed by atoms with E-state index in [4.69, 9.17) is 17.2 Å². The van der Waals surface area contributed by atoms with Crippen molar-refractivity contribution in [3.8, 4) is 0 Å². The zero-order chi connectivity index (χ0) is 9.97. The van der Waals surface area contributed by atoms with Gasteiger partial charge in [0, 0.05) is 12.5 Å². The van der Waals surface area contributed by atoms with Crippen LogP contribution >= 0.6 is 12.2 Å². The van der Waals surface area contributed by atoms with Crippen molar-refractivity contribution >= 4 is 24.7 Å². The molecule has 0 aliphatic carbocycles. The molecule has 2 aliphatic heterocycles. The van der Waals surface area contributed by atoms with Crippen molar-refractivity contribution in [3.05, 3.63) is 0 Å². The quantitative estimate of drug-likeness (QED) is 0.501. The van der Waals surface area contributed by atoms with Crippen LogP contribution in [0.1, 0.15) is 25.7 Å². The molecular formula is C9H16BN2OS. The molecule has 2 unspecified atom stereocenters. The van der Waals surface area contributed by atoms with Crippen LogP contribution in [0.2, 0.25) is 0 Å². The van der Waals surface area contributed by atoms with Crippen molar-refractivity contribution in [3.63, 3.8) is 0 Å². The zero-order valence-electron chi connectivity index (χ0n) is 8.28. The van der Waals surface area contributed by atoms with Crippen LogP contribution in [0.5, 0.6) is 0 Å². The summed E-state index contributed by atoms with van der Waals surface area (Å²) in [6.07, 6.45) is 4.53. The van der Waals surface area contributed by atoms with Crippen LogP contribution in [0, 0.1) is 0 Å². The van der Waals surface area contributed by atoms with Crippen LogP contribution in [0.15, 0.2) is 0 Å². The average Bonchev–Trinajstić information content (AvgIpc) is 2.87. The average molecular weight is 211 g/mol. The van der Waals surface area contributed by atoms with Crippen LogP contribution in [-0.2, 0) is 0 Å². The lowest BCUT2D eigenvalue weighted by atomic mass is 9.86. The van der Waals surface area contributed by atoms with Crippen LogP contribution in [0.3, 0.4) is 0 Å². The van der Waals surface area contributed by atoms with Gasteiger partial charge in [0.15, 0.2) is 0 Å². The molecule has 0 bridgehead atoms. The molecule has 2 N–H and O–H groups in total. The monoisotopic (exact) mass is 211 g/mol. The van der Waals surface area contributed by atoms with Crippen LogP contribution in [0.25, 0.3) is 0 Å². The molecule has 0 amide bonds. The van der Waals surface area contributed by atoms with Crippen molar-refractivity contribution < 1.29 is 5.02 Å². The highest BCUT2D eigenvalue weighted by Crippen LogP contribution is 2.20. The highest BCUT2D eigenvalue weighted by atomic mass is 32.1.